The van der Waals surface area contributed by atoms with Gasteiger partial charge in [0.1, 0.15) is 0 Å². The van der Waals surface area contributed by atoms with E-state index in [0.717, 1.165) is 25.3 Å². The van der Waals surface area contributed by atoms with Crippen LogP contribution in [0, 0.1) is 0 Å². The fraction of sp³-hybridized carbons (Fsp3) is 0.417. The van der Waals surface area contributed by atoms with Crippen molar-refractivity contribution >= 4 is 11.7 Å². The van der Waals surface area contributed by atoms with Gasteiger partial charge in [0.15, 0.2) is 0 Å². The van der Waals surface area contributed by atoms with Crippen LogP contribution in [0.2, 0.25) is 0 Å². The molecule has 0 bridgehead atoms. The number of rotatable bonds is 4. The Kier molecular flexibility index (Phi) is 3.41. The molecule has 1 aromatic carbocycles. The molecule has 0 unspecified atom stereocenters. The summed E-state index contributed by atoms with van der Waals surface area (Å²) in [7, 11) is 1.38. The summed E-state index contributed by atoms with van der Waals surface area (Å²) in [6, 6.07) is 7.27. The van der Waals surface area contributed by atoms with Gasteiger partial charge in [-0.15, -0.1) is 0 Å². The number of carbonyl (C=O) groups excluding carboxylic acids is 1. The van der Waals surface area contributed by atoms with Crippen molar-refractivity contribution in [2.24, 2.45) is 0 Å². The molecule has 1 fully saturated rings. The lowest BCUT2D eigenvalue weighted by molar-refractivity contribution is -0.0410. The molecule has 2 rings (SSSR count). The van der Waals surface area contributed by atoms with Crippen LogP contribution in [0.4, 0.5) is 5.69 Å². The summed E-state index contributed by atoms with van der Waals surface area (Å²) in [5, 5.41) is 3.23. The number of methoxy groups -OCH3 is 1. The topological polar surface area (TPSA) is 47.6 Å². The van der Waals surface area contributed by atoms with E-state index in [1.807, 2.05) is 12.1 Å². The van der Waals surface area contributed by atoms with Gasteiger partial charge >= 0.3 is 5.97 Å². The molecule has 0 saturated carbocycles. The number of hydrogen-bond donors (Lipinski definition) is 1. The first kappa shape index (κ1) is 11.0. The van der Waals surface area contributed by atoms with Crippen LogP contribution in [0.1, 0.15) is 16.8 Å². The molecule has 16 heavy (non-hydrogen) atoms. The van der Waals surface area contributed by atoms with Crippen LogP contribution in [0.3, 0.4) is 0 Å². The second-order valence-electron chi connectivity index (χ2n) is 3.73. The molecule has 0 spiro atoms. The Bertz CT molecular complexity index is 374. The number of carbonyl (C=O) groups is 1. The fourth-order valence-corrected chi connectivity index (χ4v) is 1.55. The van der Waals surface area contributed by atoms with Crippen molar-refractivity contribution in [2.45, 2.75) is 12.5 Å². The van der Waals surface area contributed by atoms with Crippen LogP contribution in [0.5, 0.6) is 0 Å². The van der Waals surface area contributed by atoms with Gasteiger partial charge in [-0.3, -0.25) is 0 Å². The monoisotopic (exact) mass is 221 g/mol. The Morgan fingerprint density at radius 2 is 2.44 bits per heavy atom. The Balaban J connectivity index is 1.95. The van der Waals surface area contributed by atoms with Crippen LogP contribution in [0.15, 0.2) is 24.3 Å². The molecule has 1 N–H and O–H groups in total. The largest absolute Gasteiger partial charge is 0.465 e. The van der Waals surface area contributed by atoms with Crippen molar-refractivity contribution < 1.29 is 14.3 Å². The highest BCUT2D eigenvalue weighted by Gasteiger charge is 2.17. The highest BCUT2D eigenvalue weighted by Crippen LogP contribution is 2.15. The van der Waals surface area contributed by atoms with Crippen molar-refractivity contribution in [3.05, 3.63) is 29.8 Å². The Morgan fingerprint density at radius 1 is 1.62 bits per heavy atom. The van der Waals surface area contributed by atoms with Gasteiger partial charge in [-0.2, -0.15) is 0 Å². The molecule has 0 amide bonds. The molecule has 86 valence electrons. The van der Waals surface area contributed by atoms with Crippen molar-refractivity contribution in [1.82, 2.24) is 0 Å². The van der Waals surface area contributed by atoms with Crippen molar-refractivity contribution in [2.75, 3.05) is 25.6 Å². The lowest BCUT2D eigenvalue weighted by atomic mass is 10.1. The molecule has 1 saturated heterocycles. The average molecular weight is 221 g/mol. The summed E-state index contributed by atoms with van der Waals surface area (Å²) < 4.78 is 9.95. The number of esters is 1. The van der Waals surface area contributed by atoms with E-state index in [0.29, 0.717) is 11.7 Å². The third kappa shape index (κ3) is 2.52. The quantitative estimate of drug-likeness (QED) is 0.786. The van der Waals surface area contributed by atoms with E-state index < -0.39 is 0 Å². The third-order valence-corrected chi connectivity index (χ3v) is 2.61. The van der Waals surface area contributed by atoms with Gasteiger partial charge in [0.2, 0.25) is 0 Å². The maximum atomic E-state index is 11.3. The van der Waals surface area contributed by atoms with E-state index in [2.05, 4.69) is 10.1 Å². The minimum atomic E-state index is -0.316. The zero-order valence-corrected chi connectivity index (χ0v) is 9.23. The lowest BCUT2D eigenvalue weighted by Gasteiger charge is -2.26. The second-order valence-corrected chi connectivity index (χ2v) is 3.73. The first-order valence-corrected chi connectivity index (χ1v) is 5.33. The van der Waals surface area contributed by atoms with E-state index >= 15 is 0 Å². The number of nitrogens with one attached hydrogen (secondary N) is 1. The molecule has 1 aliphatic heterocycles. The molecule has 0 aromatic heterocycles. The predicted molar refractivity (Wildman–Crippen MR) is 60.6 cm³/mol. The van der Waals surface area contributed by atoms with Crippen molar-refractivity contribution in [3.8, 4) is 0 Å². The summed E-state index contributed by atoms with van der Waals surface area (Å²) in [5.74, 6) is -0.316. The lowest BCUT2D eigenvalue weighted by Crippen LogP contribution is -2.33. The van der Waals surface area contributed by atoms with Gasteiger partial charge in [-0.05, 0) is 24.6 Å². The van der Waals surface area contributed by atoms with E-state index in [1.54, 1.807) is 12.1 Å². The Morgan fingerprint density at radius 3 is 3.06 bits per heavy atom. The Labute approximate surface area is 94.6 Å². The number of anilines is 1. The number of hydrogen-bond acceptors (Lipinski definition) is 4. The van der Waals surface area contributed by atoms with Gasteiger partial charge in [0.05, 0.1) is 18.8 Å². The van der Waals surface area contributed by atoms with Gasteiger partial charge in [0, 0.05) is 18.8 Å². The molecule has 4 heteroatoms. The predicted octanol–water partition coefficient (Wildman–Crippen LogP) is 1.67. The number of benzene rings is 1. The smallest absolute Gasteiger partial charge is 0.337 e. The first-order valence-electron chi connectivity index (χ1n) is 5.33. The third-order valence-electron chi connectivity index (χ3n) is 2.61. The summed E-state index contributed by atoms with van der Waals surface area (Å²) in [5.41, 5.74) is 1.47. The molecule has 1 aliphatic rings. The standard InChI is InChI=1S/C12H15NO3/c1-15-12(14)9-3-2-4-10(7-9)13-8-11-5-6-16-11/h2-4,7,11,13H,5-6,8H2,1H3/t11-/m0/s1. The first-order chi connectivity index (χ1) is 7.79. The summed E-state index contributed by atoms with van der Waals surface area (Å²) in [4.78, 5) is 11.3. The van der Waals surface area contributed by atoms with Crippen molar-refractivity contribution in [1.29, 1.82) is 0 Å². The van der Waals surface area contributed by atoms with E-state index in [9.17, 15) is 4.79 Å². The van der Waals surface area contributed by atoms with Crippen LogP contribution >= 0.6 is 0 Å². The summed E-state index contributed by atoms with van der Waals surface area (Å²) >= 11 is 0. The zero-order valence-electron chi connectivity index (χ0n) is 9.23. The summed E-state index contributed by atoms with van der Waals surface area (Å²) in [6.45, 7) is 1.64. The number of ether oxygens (including phenoxy) is 2. The normalized spacial score (nSPS) is 18.7. The highest BCUT2D eigenvalue weighted by atomic mass is 16.5. The average Bonchev–Trinajstić information content (AvgIpc) is 2.26. The van der Waals surface area contributed by atoms with E-state index in [1.165, 1.54) is 7.11 Å². The maximum Gasteiger partial charge on any atom is 0.337 e. The zero-order chi connectivity index (χ0) is 11.4. The van der Waals surface area contributed by atoms with Crippen LogP contribution in [0.25, 0.3) is 0 Å². The minimum Gasteiger partial charge on any atom is -0.465 e. The molecule has 1 atom stereocenters. The Hall–Kier alpha value is -1.55. The maximum absolute atomic E-state index is 11.3. The molecular weight excluding hydrogens is 206 g/mol. The van der Waals surface area contributed by atoms with Crippen LogP contribution < -0.4 is 5.32 Å². The minimum absolute atomic E-state index is 0.307. The summed E-state index contributed by atoms with van der Waals surface area (Å²) in [6.07, 6.45) is 1.41. The van der Waals surface area contributed by atoms with E-state index in [-0.39, 0.29) is 5.97 Å². The van der Waals surface area contributed by atoms with Gasteiger partial charge in [0.25, 0.3) is 0 Å². The van der Waals surface area contributed by atoms with Gasteiger partial charge in [-0.1, -0.05) is 6.07 Å². The van der Waals surface area contributed by atoms with Gasteiger partial charge < -0.3 is 14.8 Å². The molecule has 1 heterocycles. The van der Waals surface area contributed by atoms with Crippen molar-refractivity contribution in [3.63, 3.8) is 0 Å². The second kappa shape index (κ2) is 4.99. The molecule has 0 aliphatic carbocycles. The van der Waals surface area contributed by atoms with Crippen LogP contribution in [-0.2, 0) is 9.47 Å². The van der Waals surface area contributed by atoms with E-state index in [4.69, 9.17) is 4.74 Å². The molecular formula is C12H15NO3. The SMILES string of the molecule is COC(=O)c1cccc(NC[C@@H]2CCO2)c1. The highest BCUT2D eigenvalue weighted by molar-refractivity contribution is 5.90. The van der Waals surface area contributed by atoms with Gasteiger partial charge in [-0.25, -0.2) is 4.79 Å². The van der Waals surface area contributed by atoms with Crippen LogP contribution in [-0.4, -0.2) is 32.3 Å². The fourth-order valence-electron chi connectivity index (χ4n) is 1.55. The molecule has 1 aromatic rings. The molecule has 0 radical (unpaired) electrons. The molecule has 4 nitrogen and oxygen atoms in total.